The first kappa shape index (κ1) is 17.3. The molecule has 0 spiro atoms. The molecule has 0 bridgehead atoms. The van der Waals surface area contributed by atoms with Crippen molar-refractivity contribution in [2.24, 2.45) is 0 Å². The Morgan fingerprint density at radius 2 is 2.00 bits per heavy atom. The quantitative estimate of drug-likeness (QED) is 0.509. The molecule has 1 amide bonds. The summed E-state index contributed by atoms with van der Waals surface area (Å²) in [5, 5.41) is 1.57. The summed E-state index contributed by atoms with van der Waals surface area (Å²) in [6, 6.07) is 17.4. The molecule has 2 aromatic carbocycles. The Bertz CT molecular complexity index is 1110. The number of thiazole rings is 1. The second kappa shape index (κ2) is 7.30. The van der Waals surface area contributed by atoms with Crippen LogP contribution < -0.4 is 4.90 Å². The number of carbonyl (C=O) groups excluding carboxylic acids is 1. The first-order chi connectivity index (χ1) is 13.8. The number of rotatable bonds is 4. The van der Waals surface area contributed by atoms with Gasteiger partial charge in [-0.2, -0.15) is 0 Å². The molecule has 1 aliphatic heterocycles. The topological polar surface area (TPSA) is 55.3 Å². The van der Waals surface area contributed by atoms with Gasteiger partial charge in [0, 0.05) is 23.8 Å². The van der Waals surface area contributed by atoms with E-state index in [-0.39, 0.29) is 12.0 Å². The lowest BCUT2D eigenvalue weighted by Gasteiger charge is -2.23. The summed E-state index contributed by atoms with van der Waals surface area (Å²) in [5.74, 6) is -0.0619. The number of fused-ring (bicyclic) bond motifs is 2. The lowest BCUT2D eigenvalue weighted by Crippen LogP contribution is -2.37. The van der Waals surface area contributed by atoms with Crippen molar-refractivity contribution < 1.29 is 9.53 Å². The van der Waals surface area contributed by atoms with Gasteiger partial charge in [0.2, 0.25) is 0 Å². The summed E-state index contributed by atoms with van der Waals surface area (Å²) in [6.45, 7) is 1.26. The van der Waals surface area contributed by atoms with Crippen LogP contribution in [0.3, 0.4) is 0 Å². The number of para-hydroxylation sites is 1. The van der Waals surface area contributed by atoms with Gasteiger partial charge in [0.1, 0.15) is 0 Å². The minimum absolute atomic E-state index is 0.0454. The zero-order valence-electron chi connectivity index (χ0n) is 15.2. The molecule has 5 rings (SSSR count). The number of hydrogen-bond donors (Lipinski definition) is 0. The van der Waals surface area contributed by atoms with Gasteiger partial charge in [0.25, 0.3) is 5.91 Å². The van der Waals surface area contributed by atoms with Gasteiger partial charge in [-0.3, -0.25) is 14.7 Å². The highest BCUT2D eigenvalue weighted by atomic mass is 32.1. The summed E-state index contributed by atoms with van der Waals surface area (Å²) in [5.41, 5.74) is 2.37. The van der Waals surface area contributed by atoms with Crippen molar-refractivity contribution in [2.75, 3.05) is 18.1 Å². The van der Waals surface area contributed by atoms with E-state index in [0.717, 1.165) is 40.6 Å². The second-order valence-corrected chi connectivity index (χ2v) is 7.90. The monoisotopic (exact) mass is 389 g/mol. The highest BCUT2D eigenvalue weighted by molar-refractivity contribution is 7.22. The number of hydrogen-bond acceptors (Lipinski definition) is 5. The maximum absolute atomic E-state index is 13.6. The number of anilines is 1. The van der Waals surface area contributed by atoms with Crippen LogP contribution in [0.1, 0.15) is 23.2 Å². The van der Waals surface area contributed by atoms with E-state index in [1.807, 2.05) is 54.6 Å². The zero-order chi connectivity index (χ0) is 18.9. The Balaban J connectivity index is 1.59. The molecular weight excluding hydrogens is 370 g/mol. The lowest BCUT2D eigenvalue weighted by molar-refractivity contribution is 0.0919. The van der Waals surface area contributed by atoms with Crippen LogP contribution >= 0.6 is 11.3 Å². The minimum atomic E-state index is -0.0619. The Morgan fingerprint density at radius 1 is 1.11 bits per heavy atom. The Kier molecular flexibility index (Phi) is 4.50. The Labute approximate surface area is 166 Å². The number of pyridine rings is 1. The smallest absolute Gasteiger partial charge is 0.260 e. The van der Waals surface area contributed by atoms with Crippen LogP contribution in [0.25, 0.3) is 21.1 Å². The van der Waals surface area contributed by atoms with Gasteiger partial charge in [0.05, 0.1) is 28.4 Å². The maximum atomic E-state index is 13.6. The molecule has 3 heterocycles. The third-order valence-corrected chi connectivity index (χ3v) is 6.10. The van der Waals surface area contributed by atoms with Crippen molar-refractivity contribution in [3.8, 4) is 0 Å². The van der Waals surface area contributed by atoms with E-state index in [0.29, 0.717) is 17.2 Å². The maximum Gasteiger partial charge on any atom is 0.260 e. The standard InChI is InChI=1S/C22H19N3O2S/c26-21(17-7-3-10-18-16(17)8-4-12-23-18)25(14-15-6-5-13-27-15)22-24-19-9-1-2-11-20(19)28-22/h1-4,7-12,15H,5-6,13-14H2. The molecule has 0 radical (unpaired) electrons. The van der Waals surface area contributed by atoms with E-state index >= 15 is 0 Å². The number of aromatic nitrogens is 2. The summed E-state index contributed by atoms with van der Waals surface area (Å²) in [6.07, 6.45) is 3.79. The summed E-state index contributed by atoms with van der Waals surface area (Å²) in [4.78, 5) is 24.5. The summed E-state index contributed by atoms with van der Waals surface area (Å²) >= 11 is 1.54. The van der Waals surface area contributed by atoms with E-state index in [2.05, 4.69) is 4.98 Å². The molecule has 0 aliphatic carbocycles. The first-order valence-corrected chi connectivity index (χ1v) is 10.2. The van der Waals surface area contributed by atoms with Crippen LogP contribution in [-0.4, -0.2) is 35.1 Å². The molecule has 1 saturated heterocycles. The SMILES string of the molecule is O=C(c1cccc2ncccc12)N(CC1CCCO1)c1nc2ccccc2s1. The second-order valence-electron chi connectivity index (χ2n) is 6.89. The minimum Gasteiger partial charge on any atom is -0.376 e. The number of nitrogens with zero attached hydrogens (tertiary/aromatic N) is 3. The molecule has 0 saturated carbocycles. The molecule has 6 heteroatoms. The van der Waals surface area contributed by atoms with Crippen molar-refractivity contribution in [3.05, 3.63) is 66.4 Å². The van der Waals surface area contributed by atoms with Crippen molar-refractivity contribution >= 4 is 43.5 Å². The number of amides is 1. The lowest BCUT2D eigenvalue weighted by atomic mass is 10.1. The third-order valence-electron chi connectivity index (χ3n) is 5.04. The molecule has 2 aromatic heterocycles. The number of benzene rings is 2. The zero-order valence-corrected chi connectivity index (χ0v) is 16.1. The van der Waals surface area contributed by atoms with Crippen LogP contribution in [0.5, 0.6) is 0 Å². The van der Waals surface area contributed by atoms with Gasteiger partial charge in [-0.05, 0) is 43.2 Å². The molecule has 5 nitrogen and oxygen atoms in total. The van der Waals surface area contributed by atoms with Gasteiger partial charge in [-0.15, -0.1) is 0 Å². The third kappa shape index (κ3) is 3.15. The molecule has 1 aliphatic rings. The van der Waals surface area contributed by atoms with Gasteiger partial charge in [-0.25, -0.2) is 4.98 Å². The molecule has 1 atom stereocenters. The average molecular weight is 389 g/mol. The summed E-state index contributed by atoms with van der Waals surface area (Å²) < 4.78 is 6.89. The highest BCUT2D eigenvalue weighted by Gasteiger charge is 2.27. The average Bonchev–Trinajstić information content (AvgIpc) is 3.40. The molecule has 1 unspecified atom stereocenters. The largest absolute Gasteiger partial charge is 0.376 e. The van der Waals surface area contributed by atoms with Crippen LogP contribution in [0.4, 0.5) is 5.13 Å². The molecular formula is C22H19N3O2S. The molecule has 4 aromatic rings. The van der Waals surface area contributed by atoms with E-state index in [1.54, 1.807) is 11.1 Å². The van der Waals surface area contributed by atoms with Gasteiger partial charge >= 0.3 is 0 Å². The predicted octanol–water partition coefficient (Wildman–Crippen LogP) is 4.67. The van der Waals surface area contributed by atoms with E-state index in [9.17, 15) is 4.79 Å². The van der Waals surface area contributed by atoms with Gasteiger partial charge < -0.3 is 4.74 Å². The van der Waals surface area contributed by atoms with E-state index in [1.165, 1.54) is 11.3 Å². The normalized spacial score (nSPS) is 16.6. The Morgan fingerprint density at radius 3 is 2.86 bits per heavy atom. The van der Waals surface area contributed by atoms with Crippen LogP contribution in [0, 0.1) is 0 Å². The molecule has 140 valence electrons. The van der Waals surface area contributed by atoms with Crippen molar-refractivity contribution in [3.63, 3.8) is 0 Å². The van der Waals surface area contributed by atoms with Gasteiger partial charge in [0.15, 0.2) is 5.13 Å². The van der Waals surface area contributed by atoms with Crippen molar-refractivity contribution in [1.82, 2.24) is 9.97 Å². The van der Waals surface area contributed by atoms with Crippen LogP contribution in [0.15, 0.2) is 60.8 Å². The predicted molar refractivity (Wildman–Crippen MR) is 112 cm³/mol. The first-order valence-electron chi connectivity index (χ1n) is 9.42. The van der Waals surface area contributed by atoms with Crippen LogP contribution in [-0.2, 0) is 4.74 Å². The van der Waals surface area contributed by atoms with E-state index < -0.39 is 0 Å². The van der Waals surface area contributed by atoms with E-state index in [4.69, 9.17) is 9.72 Å². The molecule has 28 heavy (non-hydrogen) atoms. The summed E-state index contributed by atoms with van der Waals surface area (Å²) in [7, 11) is 0. The fraction of sp³-hybridized carbons (Fsp3) is 0.227. The number of ether oxygens (including phenoxy) is 1. The fourth-order valence-corrected chi connectivity index (χ4v) is 4.62. The van der Waals surface area contributed by atoms with Crippen LogP contribution in [0.2, 0.25) is 0 Å². The molecule has 0 N–H and O–H groups in total. The van der Waals surface area contributed by atoms with Crippen molar-refractivity contribution in [2.45, 2.75) is 18.9 Å². The van der Waals surface area contributed by atoms with Gasteiger partial charge in [-0.1, -0.05) is 35.6 Å². The van der Waals surface area contributed by atoms with Crippen molar-refractivity contribution in [1.29, 1.82) is 0 Å². The highest BCUT2D eigenvalue weighted by Crippen LogP contribution is 2.31. The Hall–Kier alpha value is -2.83. The number of carbonyl (C=O) groups is 1. The molecule has 1 fully saturated rings. The fourth-order valence-electron chi connectivity index (χ4n) is 3.65.